The van der Waals surface area contributed by atoms with Crippen LogP contribution in [0.5, 0.6) is 0 Å². The van der Waals surface area contributed by atoms with Crippen LogP contribution in [0, 0.1) is 0 Å². The molecule has 2 unspecified atom stereocenters. The van der Waals surface area contributed by atoms with Gasteiger partial charge in [0.1, 0.15) is 0 Å². The van der Waals surface area contributed by atoms with E-state index in [2.05, 4.69) is 22.8 Å². The SMILES string of the molecule is CC(NC1CCc2ccccc21)C(=O)NC(N)=O. The van der Waals surface area contributed by atoms with E-state index in [1.807, 2.05) is 12.1 Å². The molecule has 0 aliphatic heterocycles. The number of imide groups is 1. The molecular formula is C13H17N3O2. The van der Waals surface area contributed by atoms with Crippen molar-refractivity contribution in [3.8, 4) is 0 Å². The van der Waals surface area contributed by atoms with Crippen LogP contribution in [-0.4, -0.2) is 18.0 Å². The highest BCUT2D eigenvalue weighted by atomic mass is 16.2. The molecule has 0 saturated carbocycles. The Morgan fingerprint density at radius 1 is 1.39 bits per heavy atom. The number of hydrogen-bond donors (Lipinski definition) is 3. The fourth-order valence-electron chi connectivity index (χ4n) is 2.34. The summed E-state index contributed by atoms with van der Waals surface area (Å²) in [6.45, 7) is 1.72. The summed E-state index contributed by atoms with van der Waals surface area (Å²) in [4.78, 5) is 22.2. The van der Waals surface area contributed by atoms with Crippen molar-refractivity contribution >= 4 is 11.9 Å². The van der Waals surface area contributed by atoms with Gasteiger partial charge in [0.05, 0.1) is 6.04 Å². The largest absolute Gasteiger partial charge is 0.351 e. The minimum Gasteiger partial charge on any atom is -0.351 e. The number of primary amides is 1. The zero-order valence-electron chi connectivity index (χ0n) is 10.3. The third-order valence-electron chi connectivity index (χ3n) is 3.22. The molecule has 4 N–H and O–H groups in total. The van der Waals surface area contributed by atoms with Crippen molar-refractivity contribution in [2.24, 2.45) is 5.73 Å². The third kappa shape index (κ3) is 2.68. The van der Waals surface area contributed by atoms with Gasteiger partial charge >= 0.3 is 6.03 Å². The van der Waals surface area contributed by atoms with Crippen LogP contribution < -0.4 is 16.4 Å². The number of hydrogen-bond acceptors (Lipinski definition) is 3. The van der Waals surface area contributed by atoms with Crippen LogP contribution in [0.3, 0.4) is 0 Å². The lowest BCUT2D eigenvalue weighted by molar-refractivity contribution is -0.121. The number of fused-ring (bicyclic) bond motifs is 1. The Bertz CT molecular complexity index is 473. The van der Waals surface area contributed by atoms with Crippen LogP contribution in [-0.2, 0) is 11.2 Å². The molecule has 0 fully saturated rings. The second-order valence-corrected chi connectivity index (χ2v) is 4.53. The van der Waals surface area contributed by atoms with Crippen LogP contribution in [0.1, 0.15) is 30.5 Å². The summed E-state index contributed by atoms with van der Waals surface area (Å²) in [5.41, 5.74) is 7.47. The summed E-state index contributed by atoms with van der Waals surface area (Å²) in [5, 5.41) is 5.30. The average molecular weight is 247 g/mol. The predicted molar refractivity (Wildman–Crippen MR) is 67.8 cm³/mol. The minimum atomic E-state index is -0.819. The number of rotatable bonds is 3. The Balaban J connectivity index is 1.99. The fourth-order valence-corrected chi connectivity index (χ4v) is 2.34. The fraction of sp³-hybridized carbons (Fsp3) is 0.385. The molecule has 0 aromatic heterocycles. The molecule has 96 valence electrons. The number of amides is 3. The van der Waals surface area contributed by atoms with Gasteiger partial charge in [-0.15, -0.1) is 0 Å². The Labute approximate surface area is 106 Å². The normalized spacial score (nSPS) is 19.1. The predicted octanol–water partition coefficient (Wildman–Crippen LogP) is 0.847. The van der Waals surface area contributed by atoms with E-state index >= 15 is 0 Å². The molecule has 1 aromatic carbocycles. The molecule has 5 nitrogen and oxygen atoms in total. The summed E-state index contributed by atoms with van der Waals surface area (Å²) in [6.07, 6.45) is 1.98. The molecule has 0 spiro atoms. The van der Waals surface area contributed by atoms with Gasteiger partial charge in [-0.1, -0.05) is 24.3 Å². The zero-order chi connectivity index (χ0) is 13.1. The van der Waals surface area contributed by atoms with Crippen LogP contribution >= 0.6 is 0 Å². The topological polar surface area (TPSA) is 84.2 Å². The Kier molecular flexibility index (Phi) is 3.62. The van der Waals surface area contributed by atoms with Gasteiger partial charge in [-0.3, -0.25) is 15.4 Å². The van der Waals surface area contributed by atoms with E-state index in [1.54, 1.807) is 6.92 Å². The number of benzene rings is 1. The molecule has 1 aromatic rings. The maximum atomic E-state index is 11.6. The van der Waals surface area contributed by atoms with E-state index in [9.17, 15) is 9.59 Å². The first-order chi connectivity index (χ1) is 8.58. The summed E-state index contributed by atoms with van der Waals surface area (Å²) in [7, 11) is 0. The third-order valence-corrected chi connectivity index (χ3v) is 3.22. The van der Waals surface area contributed by atoms with Crippen LogP contribution in [0.2, 0.25) is 0 Å². The van der Waals surface area contributed by atoms with E-state index in [0.717, 1.165) is 12.8 Å². The highest BCUT2D eigenvalue weighted by Gasteiger charge is 2.25. The van der Waals surface area contributed by atoms with Crippen molar-refractivity contribution in [1.29, 1.82) is 0 Å². The molecule has 2 rings (SSSR count). The lowest BCUT2D eigenvalue weighted by atomic mass is 10.1. The second-order valence-electron chi connectivity index (χ2n) is 4.53. The maximum Gasteiger partial charge on any atom is 0.318 e. The quantitative estimate of drug-likeness (QED) is 0.740. The first-order valence-electron chi connectivity index (χ1n) is 6.02. The van der Waals surface area contributed by atoms with Crippen molar-refractivity contribution in [1.82, 2.24) is 10.6 Å². The number of carbonyl (C=O) groups is 2. The van der Waals surface area contributed by atoms with Gasteiger partial charge in [0, 0.05) is 6.04 Å². The zero-order valence-corrected chi connectivity index (χ0v) is 10.3. The van der Waals surface area contributed by atoms with Gasteiger partial charge in [-0.2, -0.15) is 0 Å². The summed E-state index contributed by atoms with van der Waals surface area (Å²) >= 11 is 0. The van der Waals surface area contributed by atoms with Gasteiger partial charge in [0.25, 0.3) is 0 Å². The number of carbonyl (C=O) groups excluding carboxylic acids is 2. The second kappa shape index (κ2) is 5.18. The molecule has 0 radical (unpaired) electrons. The molecular weight excluding hydrogens is 230 g/mol. The molecule has 0 heterocycles. The standard InChI is InChI=1S/C13H17N3O2/c1-8(12(17)16-13(14)18)15-11-7-6-9-4-2-3-5-10(9)11/h2-5,8,11,15H,6-7H2,1H3,(H3,14,16,17,18). The van der Waals surface area contributed by atoms with E-state index in [4.69, 9.17) is 5.73 Å². The Morgan fingerprint density at radius 3 is 2.83 bits per heavy atom. The van der Waals surface area contributed by atoms with Gasteiger partial charge in [-0.05, 0) is 30.9 Å². The summed E-state index contributed by atoms with van der Waals surface area (Å²) in [5.74, 6) is -0.396. The summed E-state index contributed by atoms with van der Waals surface area (Å²) < 4.78 is 0. The van der Waals surface area contributed by atoms with Gasteiger partial charge < -0.3 is 5.73 Å². The summed E-state index contributed by atoms with van der Waals surface area (Å²) in [6, 6.07) is 7.07. The number of nitrogens with two attached hydrogens (primary N) is 1. The first kappa shape index (κ1) is 12.6. The van der Waals surface area contributed by atoms with E-state index in [-0.39, 0.29) is 6.04 Å². The molecule has 0 saturated heterocycles. The maximum absolute atomic E-state index is 11.6. The first-order valence-corrected chi connectivity index (χ1v) is 6.02. The molecule has 1 aliphatic carbocycles. The lowest BCUT2D eigenvalue weighted by Crippen LogP contribution is -2.47. The molecule has 5 heteroatoms. The average Bonchev–Trinajstić information content (AvgIpc) is 2.72. The van der Waals surface area contributed by atoms with Crippen molar-refractivity contribution in [3.63, 3.8) is 0 Å². The molecule has 0 bridgehead atoms. The van der Waals surface area contributed by atoms with Crippen LogP contribution in [0.25, 0.3) is 0 Å². The Morgan fingerprint density at radius 2 is 2.11 bits per heavy atom. The van der Waals surface area contributed by atoms with E-state index < -0.39 is 18.0 Å². The molecule has 3 amide bonds. The number of aryl methyl sites for hydroxylation is 1. The lowest BCUT2D eigenvalue weighted by Gasteiger charge is -2.19. The van der Waals surface area contributed by atoms with Crippen molar-refractivity contribution in [3.05, 3.63) is 35.4 Å². The Hall–Kier alpha value is -1.88. The van der Waals surface area contributed by atoms with E-state index in [0.29, 0.717) is 0 Å². The monoisotopic (exact) mass is 247 g/mol. The van der Waals surface area contributed by atoms with Crippen LogP contribution in [0.15, 0.2) is 24.3 Å². The van der Waals surface area contributed by atoms with Crippen molar-refractivity contribution < 1.29 is 9.59 Å². The van der Waals surface area contributed by atoms with Crippen molar-refractivity contribution in [2.75, 3.05) is 0 Å². The van der Waals surface area contributed by atoms with Gasteiger partial charge in [0.15, 0.2) is 0 Å². The molecule has 1 aliphatic rings. The van der Waals surface area contributed by atoms with Crippen molar-refractivity contribution in [2.45, 2.75) is 31.8 Å². The van der Waals surface area contributed by atoms with Gasteiger partial charge in [0.2, 0.25) is 5.91 Å². The highest BCUT2D eigenvalue weighted by Crippen LogP contribution is 2.30. The smallest absolute Gasteiger partial charge is 0.318 e. The van der Waals surface area contributed by atoms with Gasteiger partial charge in [-0.25, -0.2) is 4.79 Å². The number of urea groups is 1. The molecule has 2 atom stereocenters. The molecule has 18 heavy (non-hydrogen) atoms. The van der Waals surface area contributed by atoms with Crippen LogP contribution in [0.4, 0.5) is 4.79 Å². The number of nitrogens with one attached hydrogen (secondary N) is 2. The minimum absolute atomic E-state index is 0.162. The van der Waals surface area contributed by atoms with E-state index in [1.165, 1.54) is 11.1 Å². The highest BCUT2D eigenvalue weighted by molar-refractivity contribution is 5.96.